The summed E-state index contributed by atoms with van der Waals surface area (Å²) in [5.41, 5.74) is 0.157. The van der Waals surface area contributed by atoms with Crippen molar-refractivity contribution < 1.29 is 19.4 Å². The Morgan fingerprint density at radius 1 is 1.43 bits per heavy atom. The van der Waals surface area contributed by atoms with Crippen LogP contribution in [0.15, 0.2) is 22.7 Å². The summed E-state index contributed by atoms with van der Waals surface area (Å²) in [5.74, 6) is -1.05. The van der Waals surface area contributed by atoms with Crippen molar-refractivity contribution in [3.63, 3.8) is 0 Å². The average Bonchev–Trinajstić information content (AvgIpc) is 2.40. The highest BCUT2D eigenvalue weighted by molar-refractivity contribution is 9.10. The number of urea groups is 1. The highest BCUT2D eigenvalue weighted by Gasteiger charge is 2.34. The van der Waals surface area contributed by atoms with E-state index in [0.29, 0.717) is 29.9 Å². The Hall–Kier alpha value is -1.60. The summed E-state index contributed by atoms with van der Waals surface area (Å²) in [6, 6.07) is 4.42. The van der Waals surface area contributed by atoms with E-state index < -0.39 is 11.5 Å². The van der Waals surface area contributed by atoms with Gasteiger partial charge in [-0.3, -0.25) is 0 Å². The highest BCUT2D eigenvalue weighted by atomic mass is 79.9. The normalized spacial score (nSPS) is 17.4. The predicted octanol–water partition coefficient (Wildman–Crippen LogP) is 2.79. The third kappa shape index (κ3) is 3.54. The number of carbonyl (C=O) groups is 2. The second kappa shape index (κ2) is 6.03. The zero-order chi connectivity index (χ0) is 15.6. The average molecular weight is 357 g/mol. The van der Waals surface area contributed by atoms with Crippen LogP contribution < -0.4 is 5.32 Å². The van der Waals surface area contributed by atoms with E-state index in [1.807, 2.05) is 13.8 Å². The number of carbonyl (C=O) groups excluding carboxylic acids is 1. The molecule has 1 heterocycles. The lowest BCUT2D eigenvalue weighted by Gasteiger charge is -2.41. The van der Waals surface area contributed by atoms with Gasteiger partial charge < -0.3 is 20.1 Å². The third-order valence-corrected chi connectivity index (χ3v) is 4.03. The summed E-state index contributed by atoms with van der Waals surface area (Å²) in [6.07, 6.45) is 0. The first-order valence-electron chi connectivity index (χ1n) is 6.50. The lowest BCUT2D eigenvalue weighted by molar-refractivity contribution is -0.0249. The van der Waals surface area contributed by atoms with Gasteiger partial charge in [-0.05, 0) is 48.0 Å². The van der Waals surface area contributed by atoms with Crippen LogP contribution in [0, 0.1) is 0 Å². The molecule has 0 atom stereocenters. The van der Waals surface area contributed by atoms with Gasteiger partial charge in [-0.25, -0.2) is 9.59 Å². The van der Waals surface area contributed by atoms with Crippen molar-refractivity contribution in [1.82, 2.24) is 4.90 Å². The number of hydrogen-bond donors (Lipinski definition) is 2. The minimum absolute atomic E-state index is 0.106. The van der Waals surface area contributed by atoms with Crippen molar-refractivity contribution in [2.75, 3.05) is 25.1 Å². The van der Waals surface area contributed by atoms with E-state index in [1.54, 1.807) is 17.0 Å². The Labute approximate surface area is 131 Å². The van der Waals surface area contributed by atoms with Crippen molar-refractivity contribution in [3.05, 3.63) is 28.2 Å². The molecule has 2 N–H and O–H groups in total. The smallest absolute Gasteiger partial charge is 0.336 e. The lowest BCUT2D eigenvalue weighted by Crippen LogP contribution is -2.56. The number of halogens is 1. The van der Waals surface area contributed by atoms with Crippen molar-refractivity contribution in [3.8, 4) is 0 Å². The molecule has 0 aliphatic carbocycles. The van der Waals surface area contributed by atoms with Crippen LogP contribution in [0.3, 0.4) is 0 Å². The summed E-state index contributed by atoms with van der Waals surface area (Å²) < 4.78 is 5.85. The minimum Gasteiger partial charge on any atom is -0.478 e. The molecule has 0 bridgehead atoms. The van der Waals surface area contributed by atoms with Crippen LogP contribution in [0.5, 0.6) is 0 Å². The molecule has 2 amide bonds. The van der Waals surface area contributed by atoms with Crippen LogP contribution >= 0.6 is 15.9 Å². The Morgan fingerprint density at radius 2 is 2.14 bits per heavy atom. The van der Waals surface area contributed by atoms with E-state index in [9.17, 15) is 9.59 Å². The Bertz CT molecular complexity index is 574. The topological polar surface area (TPSA) is 78.9 Å². The van der Waals surface area contributed by atoms with Crippen LogP contribution in [0.1, 0.15) is 24.2 Å². The molecule has 1 fully saturated rings. The number of nitrogens with one attached hydrogen (secondary N) is 1. The molecular weight excluding hydrogens is 340 g/mol. The minimum atomic E-state index is -1.05. The van der Waals surface area contributed by atoms with Gasteiger partial charge in [0.1, 0.15) is 0 Å². The summed E-state index contributed by atoms with van der Waals surface area (Å²) >= 11 is 3.17. The molecule has 1 aliphatic heterocycles. The van der Waals surface area contributed by atoms with Gasteiger partial charge in [0, 0.05) is 16.7 Å². The summed E-state index contributed by atoms with van der Waals surface area (Å²) in [6.45, 7) is 5.33. The van der Waals surface area contributed by atoms with Gasteiger partial charge in [-0.15, -0.1) is 0 Å². The molecule has 2 rings (SSSR count). The van der Waals surface area contributed by atoms with Crippen molar-refractivity contribution in [1.29, 1.82) is 0 Å². The first-order chi connectivity index (χ1) is 9.81. The standard InChI is InChI=1S/C14H17BrN2O4/c1-14(2)8-21-6-5-17(14)13(20)16-9-3-4-11(15)10(7-9)12(18)19/h3-4,7H,5-6,8H2,1-2H3,(H,16,20)(H,18,19). The molecule has 1 aromatic rings. The number of amides is 2. The number of nitrogens with zero attached hydrogens (tertiary/aromatic N) is 1. The fourth-order valence-corrected chi connectivity index (χ4v) is 2.61. The van der Waals surface area contributed by atoms with E-state index >= 15 is 0 Å². The van der Waals surface area contributed by atoms with Gasteiger partial charge in [0.25, 0.3) is 0 Å². The van der Waals surface area contributed by atoms with Crippen LogP contribution in [-0.2, 0) is 4.74 Å². The van der Waals surface area contributed by atoms with Crippen LogP contribution in [-0.4, -0.2) is 47.3 Å². The molecule has 6 nitrogen and oxygen atoms in total. The van der Waals surface area contributed by atoms with E-state index in [2.05, 4.69) is 21.2 Å². The molecule has 0 aromatic heterocycles. The number of anilines is 1. The molecule has 1 aliphatic rings. The fraction of sp³-hybridized carbons (Fsp3) is 0.429. The third-order valence-electron chi connectivity index (χ3n) is 3.34. The van der Waals surface area contributed by atoms with E-state index in [4.69, 9.17) is 9.84 Å². The van der Waals surface area contributed by atoms with Crippen molar-refractivity contribution >= 4 is 33.6 Å². The number of carboxylic acid groups (broad SMARTS) is 1. The van der Waals surface area contributed by atoms with Gasteiger partial charge in [0.05, 0.1) is 24.3 Å². The molecule has 7 heteroatoms. The zero-order valence-electron chi connectivity index (χ0n) is 11.9. The highest BCUT2D eigenvalue weighted by Crippen LogP contribution is 2.23. The van der Waals surface area contributed by atoms with Gasteiger partial charge in [0.2, 0.25) is 0 Å². The number of benzene rings is 1. The zero-order valence-corrected chi connectivity index (χ0v) is 13.4. The predicted molar refractivity (Wildman–Crippen MR) is 81.7 cm³/mol. The maximum absolute atomic E-state index is 12.3. The van der Waals surface area contributed by atoms with Crippen LogP contribution in [0.2, 0.25) is 0 Å². The maximum Gasteiger partial charge on any atom is 0.336 e. The first kappa shape index (κ1) is 15.8. The number of morpholine rings is 1. The Kier molecular flexibility index (Phi) is 4.53. The molecule has 0 radical (unpaired) electrons. The molecule has 1 aromatic carbocycles. The number of rotatable bonds is 2. The molecule has 0 saturated carbocycles. The molecule has 114 valence electrons. The maximum atomic E-state index is 12.3. The van der Waals surface area contributed by atoms with Gasteiger partial charge >= 0.3 is 12.0 Å². The number of carboxylic acids is 1. The second-order valence-corrected chi connectivity index (χ2v) is 6.30. The molecule has 1 saturated heterocycles. The van der Waals surface area contributed by atoms with Gasteiger partial charge in [-0.1, -0.05) is 0 Å². The fourth-order valence-electron chi connectivity index (χ4n) is 2.19. The van der Waals surface area contributed by atoms with E-state index in [1.165, 1.54) is 6.07 Å². The number of hydrogen-bond acceptors (Lipinski definition) is 3. The van der Waals surface area contributed by atoms with E-state index in [0.717, 1.165) is 0 Å². The van der Waals surface area contributed by atoms with Crippen LogP contribution in [0.25, 0.3) is 0 Å². The number of ether oxygens (including phenoxy) is 1. The Balaban J connectivity index is 2.16. The molecule has 0 unspecified atom stereocenters. The number of aromatic carboxylic acids is 1. The summed E-state index contributed by atoms with van der Waals surface area (Å²) in [5, 5.41) is 11.8. The quantitative estimate of drug-likeness (QED) is 0.853. The van der Waals surface area contributed by atoms with Gasteiger partial charge in [0.15, 0.2) is 0 Å². The van der Waals surface area contributed by atoms with Gasteiger partial charge in [-0.2, -0.15) is 0 Å². The first-order valence-corrected chi connectivity index (χ1v) is 7.30. The van der Waals surface area contributed by atoms with Crippen LogP contribution in [0.4, 0.5) is 10.5 Å². The Morgan fingerprint density at radius 3 is 2.76 bits per heavy atom. The van der Waals surface area contributed by atoms with Crippen molar-refractivity contribution in [2.24, 2.45) is 0 Å². The van der Waals surface area contributed by atoms with Crippen molar-refractivity contribution in [2.45, 2.75) is 19.4 Å². The molecule has 21 heavy (non-hydrogen) atoms. The molecule has 0 spiro atoms. The molecular formula is C14H17BrN2O4. The summed E-state index contributed by atoms with van der Waals surface area (Å²) in [7, 11) is 0. The lowest BCUT2D eigenvalue weighted by atomic mass is 10.0. The van der Waals surface area contributed by atoms with E-state index in [-0.39, 0.29) is 11.6 Å². The summed E-state index contributed by atoms with van der Waals surface area (Å²) in [4.78, 5) is 25.1. The largest absolute Gasteiger partial charge is 0.478 e. The SMILES string of the molecule is CC1(C)COCCN1C(=O)Nc1ccc(Br)c(C(=O)O)c1. The monoisotopic (exact) mass is 356 g/mol. The second-order valence-electron chi connectivity index (χ2n) is 5.45.